The summed E-state index contributed by atoms with van der Waals surface area (Å²) in [6.07, 6.45) is 0. The van der Waals surface area contributed by atoms with Crippen molar-refractivity contribution in [3.63, 3.8) is 0 Å². The summed E-state index contributed by atoms with van der Waals surface area (Å²) < 4.78 is 5.09. The second kappa shape index (κ2) is 9.70. The fourth-order valence-electron chi connectivity index (χ4n) is 0.604. The van der Waals surface area contributed by atoms with Gasteiger partial charge in [-0.3, -0.25) is 0 Å². The van der Waals surface area contributed by atoms with Gasteiger partial charge in [-0.2, -0.15) is 0 Å². The number of hydrogen-bond acceptors (Lipinski definition) is 1. The van der Waals surface area contributed by atoms with Crippen molar-refractivity contribution in [2.75, 3.05) is 13.2 Å². The molecular formula is C10H22O. The normalized spacial score (nSPS) is 14.7. The lowest BCUT2D eigenvalue weighted by atomic mass is 10.2. The van der Waals surface area contributed by atoms with Gasteiger partial charge in [0.15, 0.2) is 0 Å². The van der Waals surface area contributed by atoms with E-state index in [2.05, 4.69) is 13.8 Å². The highest BCUT2D eigenvalue weighted by Crippen LogP contribution is 2.10. The van der Waals surface area contributed by atoms with Crippen molar-refractivity contribution in [3.8, 4) is 0 Å². The predicted molar refractivity (Wildman–Crippen MR) is 51.9 cm³/mol. The fourth-order valence-corrected chi connectivity index (χ4v) is 0.604. The molecule has 0 aromatic rings. The molecule has 1 aliphatic heterocycles. The highest BCUT2D eigenvalue weighted by Gasteiger charge is 2.03. The summed E-state index contributed by atoms with van der Waals surface area (Å²) >= 11 is 0. The lowest BCUT2D eigenvalue weighted by Gasteiger charge is -1.84. The molecular weight excluding hydrogens is 136 g/mol. The quantitative estimate of drug-likeness (QED) is 0.491. The first-order valence-corrected chi connectivity index (χ1v) is 4.53. The van der Waals surface area contributed by atoms with E-state index in [-0.39, 0.29) is 0 Å². The van der Waals surface area contributed by atoms with Gasteiger partial charge in [-0.1, -0.05) is 27.7 Å². The van der Waals surface area contributed by atoms with Gasteiger partial charge in [0.1, 0.15) is 0 Å². The van der Waals surface area contributed by atoms with E-state index >= 15 is 0 Å². The topological polar surface area (TPSA) is 9.23 Å². The number of hydrogen-bond donors (Lipinski definition) is 0. The maximum Gasteiger partial charge on any atom is 0.0681 e. The molecule has 1 heterocycles. The molecule has 0 bridgehead atoms. The molecule has 1 rings (SSSR count). The third kappa shape index (κ3) is 6.11. The lowest BCUT2D eigenvalue weighted by molar-refractivity contribution is 0.204. The second-order valence-electron chi connectivity index (χ2n) is 2.05. The summed E-state index contributed by atoms with van der Waals surface area (Å²) in [5.74, 6) is 0. The minimum absolute atomic E-state index is 0.853. The molecule has 0 radical (unpaired) electrons. The van der Waals surface area contributed by atoms with Crippen LogP contribution < -0.4 is 0 Å². The molecule has 1 heteroatoms. The van der Waals surface area contributed by atoms with E-state index in [1.54, 1.807) is 0 Å². The molecule has 0 saturated carbocycles. The van der Waals surface area contributed by atoms with Crippen LogP contribution in [0.25, 0.3) is 0 Å². The van der Waals surface area contributed by atoms with Gasteiger partial charge < -0.3 is 4.74 Å². The predicted octanol–water partition coefficient (Wildman–Crippen LogP) is 3.41. The molecule has 0 saturated heterocycles. The van der Waals surface area contributed by atoms with Gasteiger partial charge in [0.2, 0.25) is 0 Å². The maximum atomic E-state index is 5.09. The third-order valence-corrected chi connectivity index (χ3v) is 1.37. The Balaban J connectivity index is 0. The Bertz CT molecular complexity index is 91.4. The summed E-state index contributed by atoms with van der Waals surface area (Å²) in [7, 11) is 0. The van der Waals surface area contributed by atoms with E-state index in [1.165, 1.54) is 11.1 Å². The average molecular weight is 158 g/mol. The van der Waals surface area contributed by atoms with E-state index in [4.69, 9.17) is 4.74 Å². The summed E-state index contributed by atoms with van der Waals surface area (Å²) in [6.45, 7) is 13.9. The highest BCUT2D eigenvalue weighted by molar-refractivity contribution is 5.13. The summed E-state index contributed by atoms with van der Waals surface area (Å²) in [4.78, 5) is 0. The molecule has 0 atom stereocenters. The summed E-state index contributed by atoms with van der Waals surface area (Å²) in [5.41, 5.74) is 2.81. The first-order valence-electron chi connectivity index (χ1n) is 4.53. The molecule has 0 aliphatic carbocycles. The lowest BCUT2D eigenvalue weighted by Crippen LogP contribution is -1.81. The largest absolute Gasteiger partial charge is 0.373 e. The Labute approximate surface area is 71.5 Å². The molecule has 1 nitrogen and oxygen atoms in total. The first kappa shape index (κ1) is 13.3. The standard InChI is InChI=1S/C6H10O.2C2H6/c1-5-3-7-4-6(5)2;2*1-2/h3-4H2,1-2H3;2*1-2H3. The van der Waals surface area contributed by atoms with Gasteiger partial charge in [-0.25, -0.2) is 0 Å². The van der Waals surface area contributed by atoms with Gasteiger partial charge in [-0.15, -0.1) is 0 Å². The van der Waals surface area contributed by atoms with Crippen molar-refractivity contribution < 1.29 is 4.74 Å². The minimum atomic E-state index is 0.853. The van der Waals surface area contributed by atoms with Crippen LogP contribution >= 0.6 is 0 Å². The zero-order valence-electron chi connectivity index (χ0n) is 8.82. The van der Waals surface area contributed by atoms with Crippen LogP contribution in [-0.2, 0) is 4.74 Å². The summed E-state index contributed by atoms with van der Waals surface area (Å²) in [5, 5.41) is 0. The SMILES string of the molecule is CC.CC.CC1=C(C)COC1. The first-order chi connectivity index (χ1) is 5.30. The van der Waals surface area contributed by atoms with E-state index in [0.29, 0.717) is 0 Å². The molecule has 0 fully saturated rings. The molecule has 0 aromatic heterocycles. The molecule has 68 valence electrons. The summed E-state index contributed by atoms with van der Waals surface area (Å²) in [6, 6.07) is 0. The molecule has 0 spiro atoms. The Morgan fingerprint density at radius 2 is 1.09 bits per heavy atom. The third-order valence-electron chi connectivity index (χ3n) is 1.37. The Kier molecular flexibility index (Phi) is 11.7. The van der Waals surface area contributed by atoms with Crippen molar-refractivity contribution in [2.24, 2.45) is 0 Å². The molecule has 0 amide bonds. The van der Waals surface area contributed by atoms with Crippen LogP contribution in [0.4, 0.5) is 0 Å². The average Bonchev–Trinajstić information content (AvgIpc) is 2.44. The van der Waals surface area contributed by atoms with Crippen molar-refractivity contribution in [2.45, 2.75) is 41.5 Å². The van der Waals surface area contributed by atoms with E-state index in [1.807, 2.05) is 27.7 Å². The van der Waals surface area contributed by atoms with Crippen molar-refractivity contribution in [1.82, 2.24) is 0 Å². The fraction of sp³-hybridized carbons (Fsp3) is 0.800. The van der Waals surface area contributed by atoms with Gasteiger partial charge in [0.05, 0.1) is 13.2 Å². The molecule has 1 aliphatic rings. The van der Waals surface area contributed by atoms with Gasteiger partial charge in [-0.05, 0) is 25.0 Å². The minimum Gasteiger partial charge on any atom is -0.373 e. The van der Waals surface area contributed by atoms with Gasteiger partial charge in [0, 0.05) is 0 Å². The van der Waals surface area contributed by atoms with Crippen LogP contribution in [0.1, 0.15) is 41.5 Å². The zero-order valence-corrected chi connectivity index (χ0v) is 8.82. The van der Waals surface area contributed by atoms with Crippen molar-refractivity contribution in [1.29, 1.82) is 0 Å². The molecule has 11 heavy (non-hydrogen) atoms. The highest BCUT2D eigenvalue weighted by atomic mass is 16.5. The second-order valence-corrected chi connectivity index (χ2v) is 2.05. The van der Waals surface area contributed by atoms with E-state index in [0.717, 1.165) is 13.2 Å². The van der Waals surface area contributed by atoms with Crippen LogP contribution in [0.2, 0.25) is 0 Å². The van der Waals surface area contributed by atoms with Crippen molar-refractivity contribution >= 4 is 0 Å². The molecule has 0 aromatic carbocycles. The van der Waals surface area contributed by atoms with Gasteiger partial charge >= 0.3 is 0 Å². The monoisotopic (exact) mass is 158 g/mol. The molecule has 0 N–H and O–H groups in total. The van der Waals surface area contributed by atoms with Crippen LogP contribution in [0.15, 0.2) is 11.1 Å². The van der Waals surface area contributed by atoms with Crippen LogP contribution in [0, 0.1) is 0 Å². The van der Waals surface area contributed by atoms with Crippen LogP contribution in [0.5, 0.6) is 0 Å². The number of rotatable bonds is 0. The maximum absolute atomic E-state index is 5.09. The van der Waals surface area contributed by atoms with Gasteiger partial charge in [0.25, 0.3) is 0 Å². The van der Waals surface area contributed by atoms with E-state index < -0.39 is 0 Å². The van der Waals surface area contributed by atoms with Crippen LogP contribution in [0.3, 0.4) is 0 Å². The Hall–Kier alpha value is -0.300. The van der Waals surface area contributed by atoms with Crippen LogP contribution in [-0.4, -0.2) is 13.2 Å². The molecule has 0 unspecified atom stereocenters. The Morgan fingerprint density at radius 3 is 1.18 bits per heavy atom. The number of ether oxygens (including phenoxy) is 1. The van der Waals surface area contributed by atoms with Crippen molar-refractivity contribution in [3.05, 3.63) is 11.1 Å². The Morgan fingerprint density at radius 1 is 0.818 bits per heavy atom. The van der Waals surface area contributed by atoms with E-state index in [9.17, 15) is 0 Å². The zero-order chi connectivity index (χ0) is 9.28. The smallest absolute Gasteiger partial charge is 0.0681 e.